The van der Waals surface area contributed by atoms with E-state index < -0.39 is 11.8 Å². The van der Waals surface area contributed by atoms with Crippen LogP contribution < -0.4 is 5.32 Å². The maximum Gasteiger partial charge on any atom is 0.312 e. The van der Waals surface area contributed by atoms with Crippen LogP contribution in [0.25, 0.3) is 0 Å². The number of rotatable bonds is 2. The highest BCUT2D eigenvalue weighted by atomic mass is 35.5. The largest absolute Gasteiger partial charge is 0.346 e. The molecule has 0 aliphatic carbocycles. The number of H-pyrrole nitrogens is 1. The van der Waals surface area contributed by atoms with Crippen molar-refractivity contribution in [3.05, 3.63) is 21.9 Å². The molecule has 1 aromatic rings. The van der Waals surface area contributed by atoms with Gasteiger partial charge in [-0.2, -0.15) is 0 Å². The van der Waals surface area contributed by atoms with E-state index in [0.717, 1.165) is 0 Å². The molecule has 0 spiro atoms. The summed E-state index contributed by atoms with van der Waals surface area (Å²) < 4.78 is 0. The fourth-order valence-electron chi connectivity index (χ4n) is 2.27. The number of halogens is 2. The van der Waals surface area contributed by atoms with Crippen molar-refractivity contribution in [1.82, 2.24) is 20.1 Å². The second-order valence-electron chi connectivity index (χ2n) is 5.56. The molecule has 1 fully saturated rings. The molecule has 2 heterocycles. The number of piperazine rings is 1. The quantitative estimate of drug-likeness (QED) is 0.775. The maximum atomic E-state index is 12.3. The number of aromatic amines is 1. The van der Waals surface area contributed by atoms with E-state index in [2.05, 4.69) is 10.3 Å². The van der Waals surface area contributed by atoms with Crippen molar-refractivity contribution in [3.63, 3.8) is 0 Å². The first kappa shape index (κ1) is 17.6. The Hall–Kier alpha value is -1.73. The van der Waals surface area contributed by atoms with Crippen LogP contribution in [-0.2, 0) is 9.59 Å². The second kappa shape index (κ2) is 7.23. The molecule has 0 atom stereocenters. The van der Waals surface area contributed by atoms with Crippen LogP contribution in [-0.4, -0.2) is 64.7 Å². The Morgan fingerprint density at radius 1 is 1.13 bits per heavy atom. The van der Waals surface area contributed by atoms with Crippen molar-refractivity contribution in [2.45, 2.75) is 19.9 Å². The number of amides is 3. The third-order valence-corrected chi connectivity index (χ3v) is 4.12. The van der Waals surface area contributed by atoms with Gasteiger partial charge in [0.1, 0.15) is 10.8 Å². The zero-order valence-electron chi connectivity index (χ0n) is 12.9. The lowest BCUT2D eigenvalue weighted by atomic mass is 10.2. The summed E-state index contributed by atoms with van der Waals surface area (Å²) in [4.78, 5) is 41.8. The van der Waals surface area contributed by atoms with Crippen molar-refractivity contribution >= 4 is 40.9 Å². The van der Waals surface area contributed by atoms with Crippen LogP contribution in [0.3, 0.4) is 0 Å². The molecule has 1 aliphatic heterocycles. The lowest BCUT2D eigenvalue weighted by Gasteiger charge is -2.34. The van der Waals surface area contributed by atoms with Gasteiger partial charge in [0, 0.05) is 32.2 Å². The predicted octanol–water partition coefficient (Wildman–Crippen LogP) is 1.13. The molecule has 1 saturated heterocycles. The molecular weight excluding hydrogens is 343 g/mol. The Bertz CT molecular complexity index is 602. The maximum absolute atomic E-state index is 12.3. The van der Waals surface area contributed by atoms with E-state index in [1.54, 1.807) is 18.7 Å². The summed E-state index contributed by atoms with van der Waals surface area (Å²) in [5, 5.41) is 3.07. The number of hydrogen-bond donors (Lipinski definition) is 2. The minimum absolute atomic E-state index is 0.100. The van der Waals surface area contributed by atoms with Gasteiger partial charge in [-0.1, -0.05) is 23.2 Å². The number of nitrogens with zero attached hydrogens (tertiary/aromatic N) is 2. The van der Waals surface area contributed by atoms with Crippen LogP contribution >= 0.6 is 23.2 Å². The van der Waals surface area contributed by atoms with E-state index in [0.29, 0.717) is 31.9 Å². The van der Waals surface area contributed by atoms with Crippen molar-refractivity contribution in [1.29, 1.82) is 0 Å². The van der Waals surface area contributed by atoms with Crippen LogP contribution in [0.5, 0.6) is 0 Å². The summed E-state index contributed by atoms with van der Waals surface area (Å²) >= 11 is 11.6. The first-order valence-corrected chi connectivity index (χ1v) is 7.98. The average Bonchev–Trinajstić information content (AvgIpc) is 2.84. The van der Waals surface area contributed by atoms with Gasteiger partial charge in [0.15, 0.2) is 0 Å². The minimum atomic E-state index is -0.622. The molecule has 3 amide bonds. The number of aromatic nitrogens is 1. The van der Waals surface area contributed by atoms with Gasteiger partial charge in [-0.3, -0.25) is 14.4 Å². The smallest absolute Gasteiger partial charge is 0.312 e. The molecule has 9 heteroatoms. The second-order valence-corrected chi connectivity index (χ2v) is 6.34. The normalized spacial score (nSPS) is 15.0. The molecule has 2 N–H and O–H groups in total. The van der Waals surface area contributed by atoms with E-state index in [1.165, 1.54) is 11.0 Å². The highest BCUT2D eigenvalue weighted by molar-refractivity contribution is 6.41. The van der Waals surface area contributed by atoms with E-state index in [1.807, 2.05) is 0 Å². The summed E-state index contributed by atoms with van der Waals surface area (Å²) in [5.41, 5.74) is 0.303. The summed E-state index contributed by atoms with van der Waals surface area (Å²) in [6.45, 7) is 4.86. The number of carbonyl (C=O) groups is 3. The molecular formula is C14H18Cl2N4O3. The van der Waals surface area contributed by atoms with Gasteiger partial charge < -0.3 is 20.1 Å². The molecule has 1 aromatic heterocycles. The fourth-order valence-corrected chi connectivity index (χ4v) is 2.58. The molecule has 126 valence electrons. The van der Waals surface area contributed by atoms with E-state index >= 15 is 0 Å². The van der Waals surface area contributed by atoms with Crippen LogP contribution in [0.2, 0.25) is 10.2 Å². The predicted molar refractivity (Wildman–Crippen MR) is 86.6 cm³/mol. The van der Waals surface area contributed by atoms with E-state index in [4.69, 9.17) is 23.2 Å². The Morgan fingerprint density at radius 3 is 2.17 bits per heavy atom. The van der Waals surface area contributed by atoms with Gasteiger partial charge in [-0.15, -0.1) is 0 Å². The van der Waals surface area contributed by atoms with Gasteiger partial charge in [-0.05, 0) is 19.9 Å². The van der Waals surface area contributed by atoms with E-state index in [9.17, 15) is 14.4 Å². The van der Waals surface area contributed by atoms with Gasteiger partial charge in [-0.25, -0.2) is 0 Å². The first-order chi connectivity index (χ1) is 10.8. The Morgan fingerprint density at radius 2 is 1.70 bits per heavy atom. The molecule has 0 radical (unpaired) electrons. The molecule has 0 aromatic carbocycles. The highest BCUT2D eigenvalue weighted by Gasteiger charge is 2.29. The molecule has 7 nitrogen and oxygen atoms in total. The zero-order valence-corrected chi connectivity index (χ0v) is 14.4. The Balaban J connectivity index is 1.92. The lowest BCUT2D eigenvalue weighted by Crippen LogP contribution is -2.54. The topological polar surface area (TPSA) is 85.5 Å². The minimum Gasteiger partial charge on any atom is -0.346 e. The monoisotopic (exact) mass is 360 g/mol. The van der Waals surface area contributed by atoms with Crippen LogP contribution in [0, 0.1) is 0 Å². The Kier molecular flexibility index (Phi) is 5.54. The molecule has 0 unspecified atom stereocenters. The van der Waals surface area contributed by atoms with Crippen LogP contribution in [0.15, 0.2) is 6.07 Å². The van der Waals surface area contributed by atoms with Crippen LogP contribution in [0.4, 0.5) is 0 Å². The van der Waals surface area contributed by atoms with Gasteiger partial charge >= 0.3 is 11.8 Å². The van der Waals surface area contributed by atoms with E-state index in [-0.39, 0.29) is 22.1 Å². The third kappa shape index (κ3) is 4.17. The number of nitrogens with one attached hydrogen (secondary N) is 2. The van der Waals surface area contributed by atoms with Crippen LogP contribution in [0.1, 0.15) is 24.3 Å². The Labute approximate surface area is 143 Å². The summed E-state index contributed by atoms with van der Waals surface area (Å²) in [5.74, 6) is -1.43. The number of carbonyl (C=O) groups excluding carboxylic acids is 3. The fraction of sp³-hybridized carbons (Fsp3) is 0.500. The van der Waals surface area contributed by atoms with Crippen molar-refractivity contribution in [2.75, 3.05) is 26.2 Å². The van der Waals surface area contributed by atoms with Crippen molar-refractivity contribution in [3.8, 4) is 0 Å². The zero-order chi connectivity index (χ0) is 17.1. The summed E-state index contributed by atoms with van der Waals surface area (Å²) in [6, 6.07) is 1.37. The lowest BCUT2D eigenvalue weighted by molar-refractivity contribution is -0.147. The third-order valence-electron chi connectivity index (χ3n) is 3.42. The standard InChI is InChI=1S/C14H18Cl2N4O3/c1-8(2)17-12(21)14(23)20-5-3-19(4-6-20)13(22)10-7-9(15)11(16)18-10/h7-8,18H,3-6H2,1-2H3,(H,17,21). The van der Waals surface area contributed by atoms with Gasteiger partial charge in [0.05, 0.1) is 5.02 Å². The SMILES string of the molecule is CC(C)NC(=O)C(=O)N1CCN(C(=O)c2cc(Cl)c(Cl)[nH]2)CC1. The van der Waals surface area contributed by atoms with Crippen molar-refractivity contribution in [2.24, 2.45) is 0 Å². The van der Waals surface area contributed by atoms with Gasteiger partial charge in [0.2, 0.25) is 0 Å². The molecule has 0 saturated carbocycles. The molecule has 1 aliphatic rings. The van der Waals surface area contributed by atoms with Gasteiger partial charge in [0.25, 0.3) is 5.91 Å². The van der Waals surface area contributed by atoms with Crippen molar-refractivity contribution < 1.29 is 14.4 Å². The highest BCUT2D eigenvalue weighted by Crippen LogP contribution is 2.22. The average molecular weight is 361 g/mol. The summed E-state index contributed by atoms with van der Waals surface area (Å²) in [7, 11) is 0. The molecule has 2 rings (SSSR count). The summed E-state index contributed by atoms with van der Waals surface area (Å²) in [6.07, 6.45) is 0. The number of hydrogen-bond acceptors (Lipinski definition) is 3. The molecule has 23 heavy (non-hydrogen) atoms. The first-order valence-electron chi connectivity index (χ1n) is 7.22. The molecule has 0 bridgehead atoms.